The molecular formula is C18H33NO. The molecule has 0 aliphatic rings. The Hall–Kier alpha value is -1.05. The monoisotopic (exact) mass is 279 g/mol. The van der Waals surface area contributed by atoms with Crippen LogP contribution >= 0.6 is 0 Å². The summed E-state index contributed by atoms with van der Waals surface area (Å²) < 4.78 is 0. The zero-order chi connectivity index (χ0) is 14.9. The molecule has 1 amide bonds. The third-order valence-corrected chi connectivity index (χ3v) is 3.49. The van der Waals surface area contributed by atoms with Crippen LogP contribution in [-0.4, -0.2) is 5.91 Å². The van der Waals surface area contributed by atoms with Crippen LogP contribution in [0.15, 0.2) is 24.8 Å². The van der Waals surface area contributed by atoms with Gasteiger partial charge in [0.1, 0.15) is 0 Å². The number of rotatable bonds is 15. The molecule has 2 N–H and O–H groups in total. The maximum absolute atomic E-state index is 10.5. The predicted octanol–water partition coefficient (Wildman–Crippen LogP) is 5.29. The minimum absolute atomic E-state index is 0.167. The number of carbonyl (C=O) groups is 1. The number of nitrogens with two attached hydrogens (primary N) is 1. The Morgan fingerprint density at radius 2 is 1.20 bits per heavy atom. The molecule has 0 aliphatic carbocycles. The van der Waals surface area contributed by atoms with Crippen molar-refractivity contribution < 1.29 is 4.79 Å². The fourth-order valence-corrected chi connectivity index (χ4v) is 2.23. The van der Waals surface area contributed by atoms with E-state index in [9.17, 15) is 4.79 Å². The van der Waals surface area contributed by atoms with E-state index in [1.807, 2.05) is 6.08 Å². The molecule has 2 nitrogen and oxygen atoms in total. The van der Waals surface area contributed by atoms with Gasteiger partial charge in [-0.15, -0.1) is 6.58 Å². The first kappa shape index (κ1) is 18.9. The molecule has 0 rings (SSSR count). The summed E-state index contributed by atoms with van der Waals surface area (Å²) in [6.45, 7) is 3.73. The number of allylic oxidation sites excluding steroid dienone is 3. The summed E-state index contributed by atoms with van der Waals surface area (Å²) in [5, 5.41) is 0. The second-order valence-corrected chi connectivity index (χ2v) is 5.52. The first-order valence-electron chi connectivity index (χ1n) is 8.31. The van der Waals surface area contributed by atoms with E-state index >= 15 is 0 Å². The average Bonchev–Trinajstić information content (AvgIpc) is 2.43. The van der Waals surface area contributed by atoms with E-state index in [0.717, 1.165) is 19.3 Å². The average molecular weight is 279 g/mol. The van der Waals surface area contributed by atoms with Gasteiger partial charge in [0, 0.05) is 6.42 Å². The van der Waals surface area contributed by atoms with Crippen LogP contribution in [0.4, 0.5) is 0 Å². The second kappa shape index (κ2) is 16.0. The topological polar surface area (TPSA) is 43.1 Å². The minimum atomic E-state index is -0.167. The van der Waals surface area contributed by atoms with Crippen LogP contribution in [0.1, 0.15) is 83.5 Å². The SMILES string of the molecule is C=CCCCCCC=CCCCCCCCCC(N)=O. The van der Waals surface area contributed by atoms with Gasteiger partial charge in [0.2, 0.25) is 5.91 Å². The van der Waals surface area contributed by atoms with E-state index in [1.54, 1.807) is 0 Å². The molecule has 0 saturated heterocycles. The van der Waals surface area contributed by atoms with Crippen LogP contribution in [0.3, 0.4) is 0 Å². The second-order valence-electron chi connectivity index (χ2n) is 5.52. The molecule has 0 aromatic rings. The van der Waals surface area contributed by atoms with Crippen LogP contribution in [0, 0.1) is 0 Å². The summed E-state index contributed by atoms with van der Waals surface area (Å²) in [6, 6.07) is 0. The van der Waals surface area contributed by atoms with Gasteiger partial charge >= 0.3 is 0 Å². The lowest BCUT2D eigenvalue weighted by Gasteiger charge is -1.99. The van der Waals surface area contributed by atoms with Crippen molar-refractivity contribution >= 4 is 5.91 Å². The van der Waals surface area contributed by atoms with Crippen molar-refractivity contribution in [1.82, 2.24) is 0 Å². The van der Waals surface area contributed by atoms with Gasteiger partial charge in [-0.2, -0.15) is 0 Å². The standard InChI is InChI=1S/C18H33NO/c1-2-3-4-5-6-7-8-9-10-11-12-13-14-15-16-17-18(19)20/h2,8-9H,1,3-7,10-17H2,(H2,19,20). The van der Waals surface area contributed by atoms with Crippen LogP contribution in [0.25, 0.3) is 0 Å². The van der Waals surface area contributed by atoms with Gasteiger partial charge in [-0.05, 0) is 44.9 Å². The first-order chi connectivity index (χ1) is 9.77. The molecule has 0 unspecified atom stereocenters. The number of hydrogen-bond acceptors (Lipinski definition) is 1. The van der Waals surface area contributed by atoms with Crippen molar-refractivity contribution in [3.63, 3.8) is 0 Å². The summed E-state index contributed by atoms with van der Waals surface area (Å²) in [7, 11) is 0. The molecule has 0 radical (unpaired) electrons. The summed E-state index contributed by atoms with van der Waals surface area (Å²) in [6.07, 6.45) is 22.0. The number of unbranched alkanes of at least 4 members (excludes halogenated alkanes) is 10. The maximum atomic E-state index is 10.5. The zero-order valence-electron chi connectivity index (χ0n) is 13.1. The molecule has 0 spiro atoms. The van der Waals surface area contributed by atoms with Crippen LogP contribution < -0.4 is 5.73 Å². The van der Waals surface area contributed by atoms with Gasteiger partial charge < -0.3 is 5.73 Å². The lowest BCUT2D eigenvalue weighted by molar-refractivity contribution is -0.118. The van der Waals surface area contributed by atoms with E-state index in [-0.39, 0.29) is 5.91 Å². The Balaban J connectivity index is 3.08. The van der Waals surface area contributed by atoms with Crippen LogP contribution in [0.2, 0.25) is 0 Å². The summed E-state index contributed by atoms with van der Waals surface area (Å²) >= 11 is 0. The predicted molar refractivity (Wildman–Crippen MR) is 88.6 cm³/mol. The van der Waals surface area contributed by atoms with Gasteiger partial charge in [0.15, 0.2) is 0 Å². The molecule has 0 aromatic heterocycles. The highest BCUT2D eigenvalue weighted by Crippen LogP contribution is 2.09. The highest BCUT2D eigenvalue weighted by atomic mass is 16.1. The largest absolute Gasteiger partial charge is 0.370 e. The van der Waals surface area contributed by atoms with Crippen molar-refractivity contribution in [2.75, 3.05) is 0 Å². The molecule has 116 valence electrons. The smallest absolute Gasteiger partial charge is 0.217 e. The molecular weight excluding hydrogens is 246 g/mol. The van der Waals surface area contributed by atoms with Crippen LogP contribution in [-0.2, 0) is 4.79 Å². The van der Waals surface area contributed by atoms with E-state index in [1.165, 1.54) is 57.8 Å². The third-order valence-electron chi connectivity index (χ3n) is 3.49. The van der Waals surface area contributed by atoms with E-state index < -0.39 is 0 Å². The lowest BCUT2D eigenvalue weighted by Crippen LogP contribution is -2.09. The Kier molecular flexibility index (Phi) is 15.2. The highest BCUT2D eigenvalue weighted by Gasteiger charge is 1.94. The Labute approximate surface area is 125 Å². The van der Waals surface area contributed by atoms with Gasteiger partial charge in [0.25, 0.3) is 0 Å². The first-order valence-corrected chi connectivity index (χ1v) is 8.31. The van der Waals surface area contributed by atoms with Crippen molar-refractivity contribution in [3.05, 3.63) is 24.8 Å². The maximum Gasteiger partial charge on any atom is 0.217 e. The van der Waals surface area contributed by atoms with E-state index in [0.29, 0.717) is 6.42 Å². The number of amides is 1. The van der Waals surface area contributed by atoms with Gasteiger partial charge in [-0.1, -0.05) is 50.3 Å². The molecule has 0 fully saturated rings. The molecule has 0 aromatic carbocycles. The van der Waals surface area contributed by atoms with Crippen molar-refractivity contribution in [3.8, 4) is 0 Å². The number of hydrogen-bond donors (Lipinski definition) is 1. The zero-order valence-corrected chi connectivity index (χ0v) is 13.1. The highest BCUT2D eigenvalue weighted by molar-refractivity contribution is 5.73. The molecule has 0 saturated carbocycles. The quantitative estimate of drug-likeness (QED) is 0.321. The molecule has 20 heavy (non-hydrogen) atoms. The molecule has 0 atom stereocenters. The normalized spacial score (nSPS) is 11.0. The van der Waals surface area contributed by atoms with Crippen molar-refractivity contribution in [1.29, 1.82) is 0 Å². The molecule has 0 heterocycles. The van der Waals surface area contributed by atoms with Crippen molar-refractivity contribution in [2.24, 2.45) is 5.73 Å². The van der Waals surface area contributed by atoms with Crippen molar-refractivity contribution in [2.45, 2.75) is 83.5 Å². The Morgan fingerprint density at radius 3 is 1.75 bits per heavy atom. The van der Waals surface area contributed by atoms with Gasteiger partial charge in [-0.3, -0.25) is 4.79 Å². The summed E-state index contributed by atoms with van der Waals surface area (Å²) in [5.41, 5.74) is 5.10. The van der Waals surface area contributed by atoms with Crippen LogP contribution in [0.5, 0.6) is 0 Å². The summed E-state index contributed by atoms with van der Waals surface area (Å²) in [4.78, 5) is 10.5. The Bertz CT molecular complexity index is 258. The Morgan fingerprint density at radius 1 is 0.750 bits per heavy atom. The van der Waals surface area contributed by atoms with Gasteiger partial charge in [0.05, 0.1) is 0 Å². The third kappa shape index (κ3) is 16.9. The minimum Gasteiger partial charge on any atom is -0.370 e. The number of primary amides is 1. The fourth-order valence-electron chi connectivity index (χ4n) is 2.23. The lowest BCUT2D eigenvalue weighted by atomic mass is 10.1. The van der Waals surface area contributed by atoms with Gasteiger partial charge in [-0.25, -0.2) is 0 Å². The molecule has 2 heteroatoms. The fraction of sp³-hybridized carbons (Fsp3) is 0.722. The number of carbonyl (C=O) groups excluding carboxylic acids is 1. The molecule has 0 bridgehead atoms. The summed E-state index contributed by atoms with van der Waals surface area (Å²) in [5.74, 6) is -0.167. The molecule has 0 aliphatic heterocycles. The van der Waals surface area contributed by atoms with E-state index in [2.05, 4.69) is 18.7 Å². The van der Waals surface area contributed by atoms with E-state index in [4.69, 9.17) is 5.73 Å².